The average Bonchev–Trinajstić information content (AvgIpc) is 3.31. The summed E-state index contributed by atoms with van der Waals surface area (Å²) < 4.78 is 11.9. The molecule has 0 bridgehead atoms. The number of aromatic nitrogens is 1. The van der Waals surface area contributed by atoms with E-state index in [0.717, 1.165) is 41.0 Å². The smallest absolute Gasteiger partial charge is 0.416 e. The molecule has 1 aromatic heterocycles. The third kappa shape index (κ3) is 5.46. The Labute approximate surface area is 238 Å². The van der Waals surface area contributed by atoms with Crippen molar-refractivity contribution in [1.82, 2.24) is 14.8 Å². The maximum Gasteiger partial charge on any atom is 0.416 e. The lowest BCUT2D eigenvalue weighted by atomic mass is 9.92. The lowest BCUT2D eigenvalue weighted by Gasteiger charge is -2.35. The predicted octanol–water partition coefficient (Wildman–Crippen LogP) is 7.34. The number of rotatable bonds is 5. The van der Waals surface area contributed by atoms with E-state index in [2.05, 4.69) is 16.9 Å². The Kier molecular flexibility index (Phi) is 7.43. The highest BCUT2D eigenvalue weighted by molar-refractivity contribution is 6.32. The van der Waals surface area contributed by atoms with E-state index in [4.69, 9.17) is 32.7 Å². The predicted molar refractivity (Wildman–Crippen MR) is 155 cm³/mol. The number of halogens is 2. The van der Waals surface area contributed by atoms with Gasteiger partial charge in [0.15, 0.2) is 5.75 Å². The summed E-state index contributed by atoms with van der Waals surface area (Å²) in [7, 11) is 2.17. The molecule has 202 valence electrons. The van der Waals surface area contributed by atoms with E-state index < -0.39 is 6.09 Å². The highest BCUT2D eigenvalue weighted by Gasteiger charge is 2.36. The van der Waals surface area contributed by atoms with Crippen molar-refractivity contribution in [3.63, 3.8) is 0 Å². The third-order valence-corrected chi connectivity index (χ3v) is 8.31. The van der Waals surface area contributed by atoms with Gasteiger partial charge in [0.1, 0.15) is 11.8 Å². The van der Waals surface area contributed by atoms with E-state index in [1.807, 2.05) is 42.5 Å². The van der Waals surface area contributed by atoms with E-state index in [9.17, 15) is 4.79 Å². The van der Waals surface area contributed by atoms with Gasteiger partial charge in [-0.3, -0.25) is 4.90 Å². The van der Waals surface area contributed by atoms with Gasteiger partial charge in [0, 0.05) is 40.6 Å². The average molecular weight is 565 g/mol. The number of hydrogen-bond acceptors (Lipinski definition) is 4. The first-order valence-corrected chi connectivity index (χ1v) is 14.2. The third-order valence-electron chi connectivity index (χ3n) is 7.76. The van der Waals surface area contributed by atoms with Crippen LogP contribution in [0.4, 0.5) is 4.79 Å². The summed E-state index contributed by atoms with van der Waals surface area (Å²) in [6.45, 7) is 3.42. The molecule has 3 aromatic carbocycles. The minimum absolute atomic E-state index is 0.342. The van der Waals surface area contributed by atoms with Crippen molar-refractivity contribution in [2.75, 3.05) is 33.3 Å². The molecule has 2 atom stereocenters. The largest absolute Gasteiger partial charge is 0.493 e. The van der Waals surface area contributed by atoms with Crippen LogP contribution in [-0.2, 0) is 6.42 Å². The van der Waals surface area contributed by atoms with Crippen molar-refractivity contribution < 1.29 is 14.3 Å². The van der Waals surface area contributed by atoms with Crippen LogP contribution in [0.5, 0.6) is 11.5 Å². The lowest BCUT2D eigenvalue weighted by Crippen LogP contribution is -2.42. The van der Waals surface area contributed by atoms with E-state index in [1.165, 1.54) is 18.4 Å². The van der Waals surface area contributed by atoms with Gasteiger partial charge in [0.05, 0.1) is 11.6 Å². The number of ether oxygens (including phenoxy) is 2. The number of nitrogens with one attached hydrogen (secondary N) is 1. The zero-order valence-electron chi connectivity index (χ0n) is 21.8. The molecule has 1 N–H and O–H groups in total. The van der Waals surface area contributed by atoms with Crippen LogP contribution in [0.15, 0.2) is 66.7 Å². The Morgan fingerprint density at radius 3 is 2.67 bits per heavy atom. The number of amides is 1. The van der Waals surface area contributed by atoms with E-state index in [-0.39, 0.29) is 6.04 Å². The SMILES string of the molecule is CN1CCCC(COc2ccc(C3c4[nH]c5ccc(Cl)cc5c4CCN3C(=O)Oc3ccccc3Cl)cc2)C1. The minimum Gasteiger partial charge on any atom is -0.493 e. The second-order valence-corrected chi connectivity index (χ2v) is 11.3. The van der Waals surface area contributed by atoms with Crippen molar-refractivity contribution in [3.05, 3.63) is 93.6 Å². The first kappa shape index (κ1) is 26.1. The summed E-state index contributed by atoms with van der Waals surface area (Å²) >= 11 is 12.6. The van der Waals surface area contributed by atoms with Crippen molar-refractivity contribution in [2.45, 2.75) is 25.3 Å². The molecule has 8 heteroatoms. The molecule has 2 aliphatic rings. The second-order valence-electron chi connectivity index (χ2n) is 10.5. The quantitative estimate of drug-likeness (QED) is 0.276. The zero-order valence-corrected chi connectivity index (χ0v) is 23.3. The number of H-pyrrole nitrogens is 1. The Morgan fingerprint density at radius 2 is 1.87 bits per heavy atom. The molecule has 39 heavy (non-hydrogen) atoms. The van der Waals surface area contributed by atoms with E-state index >= 15 is 0 Å². The number of fused-ring (bicyclic) bond motifs is 3. The normalized spacial score (nSPS) is 19.6. The number of benzene rings is 3. The van der Waals surface area contributed by atoms with Gasteiger partial charge in [-0.05, 0) is 86.4 Å². The summed E-state index contributed by atoms with van der Waals surface area (Å²) in [6.07, 6.45) is 2.64. The standard InChI is InChI=1S/C31H31Cl2N3O3/c1-35-15-4-5-20(18-35)19-38-23-11-8-21(9-12-23)30-29-24(25-17-22(32)10-13-27(25)34-29)14-16-36(30)31(37)39-28-7-3-2-6-26(28)33/h2-3,6-13,17,20,30,34H,4-5,14-16,18-19H2,1H3. The van der Waals surface area contributed by atoms with Crippen LogP contribution in [0, 0.1) is 5.92 Å². The molecular formula is C31H31Cl2N3O3. The van der Waals surface area contributed by atoms with Crippen molar-refractivity contribution >= 4 is 40.2 Å². The fourth-order valence-electron chi connectivity index (χ4n) is 5.85. The maximum atomic E-state index is 13.5. The lowest BCUT2D eigenvalue weighted by molar-refractivity contribution is 0.135. The van der Waals surface area contributed by atoms with Crippen LogP contribution < -0.4 is 9.47 Å². The summed E-state index contributed by atoms with van der Waals surface area (Å²) in [5.41, 5.74) is 4.09. The summed E-state index contributed by atoms with van der Waals surface area (Å²) in [5.74, 6) is 1.71. The summed E-state index contributed by atoms with van der Waals surface area (Å²) in [5, 5.41) is 2.16. The highest BCUT2D eigenvalue weighted by Crippen LogP contribution is 2.40. The van der Waals surface area contributed by atoms with Gasteiger partial charge in [0.2, 0.25) is 0 Å². The second kappa shape index (κ2) is 11.1. The van der Waals surface area contributed by atoms with Gasteiger partial charge >= 0.3 is 6.09 Å². The Morgan fingerprint density at radius 1 is 1.05 bits per heavy atom. The molecule has 0 spiro atoms. The van der Waals surface area contributed by atoms with Crippen molar-refractivity contribution in [3.8, 4) is 11.5 Å². The number of para-hydroxylation sites is 1. The molecule has 0 aliphatic carbocycles. The van der Waals surface area contributed by atoms with Gasteiger partial charge in [-0.2, -0.15) is 0 Å². The molecule has 3 heterocycles. The first-order chi connectivity index (χ1) is 19.0. The van der Waals surface area contributed by atoms with Crippen LogP contribution in [0.25, 0.3) is 10.9 Å². The topological polar surface area (TPSA) is 57.8 Å². The molecule has 4 aromatic rings. The summed E-state index contributed by atoms with van der Waals surface area (Å²) in [6, 6.07) is 20.6. The van der Waals surface area contributed by atoms with Crippen molar-refractivity contribution in [2.24, 2.45) is 5.92 Å². The molecule has 1 amide bonds. The van der Waals surface area contributed by atoms with E-state index in [1.54, 1.807) is 29.2 Å². The van der Waals surface area contributed by atoms with Crippen molar-refractivity contribution in [1.29, 1.82) is 0 Å². The number of piperidine rings is 1. The molecule has 1 fully saturated rings. The Hall–Kier alpha value is -3.19. The van der Waals surface area contributed by atoms with Gasteiger partial charge in [-0.15, -0.1) is 0 Å². The molecular weight excluding hydrogens is 533 g/mol. The number of carbonyl (C=O) groups is 1. The molecule has 6 nitrogen and oxygen atoms in total. The molecule has 2 aliphatic heterocycles. The summed E-state index contributed by atoms with van der Waals surface area (Å²) in [4.78, 5) is 21.2. The fraction of sp³-hybridized carbons (Fsp3) is 0.323. The molecule has 0 radical (unpaired) electrons. The van der Waals surface area contributed by atoms with Crippen LogP contribution in [0.2, 0.25) is 10.0 Å². The van der Waals surface area contributed by atoms with E-state index in [0.29, 0.717) is 41.3 Å². The maximum absolute atomic E-state index is 13.5. The monoisotopic (exact) mass is 563 g/mol. The van der Waals surface area contributed by atoms with Crippen LogP contribution in [0.3, 0.4) is 0 Å². The molecule has 0 saturated carbocycles. The number of nitrogens with zero attached hydrogens (tertiary/aromatic N) is 2. The minimum atomic E-state index is -0.447. The number of hydrogen-bond donors (Lipinski definition) is 1. The van der Waals surface area contributed by atoms with Gasteiger partial charge in [-0.25, -0.2) is 4.79 Å². The zero-order chi connectivity index (χ0) is 26.9. The fourth-order valence-corrected chi connectivity index (χ4v) is 6.20. The van der Waals surface area contributed by atoms with Gasteiger partial charge in [-0.1, -0.05) is 47.5 Å². The van der Waals surface area contributed by atoms with Crippen LogP contribution in [0.1, 0.15) is 35.7 Å². The van der Waals surface area contributed by atoms with Gasteiger partial charge in [0.25, 0.3) is 0 Å². The van der Waals surface area contributed by atoms with Gasteiger partial charge < -0.3 is 19.4 Å². The Bertz CT molecular complexity index is 1490. The number of aromatic amines is 1. The molecule has 1 saturated heterocycles. The first-order valence-electron chi connectivity index (χ1n) is 13.4. The molecule has 2 unspecified atom stereocenters. The number of likely N-dealkylation sites (tertiary alicyclic amines) is 1. The highest BCUT2D eigenvalue weighted by atomic mass is 35.5. The molecule has 6 rings (SSSR count). The van der Waals surface area contributed by atoms with Crippen LogP contribution >= 0.6 is 23.2 Å². The number of carbonyl (C=O) groups excluding carboxylic acids is 1. The Balaban J connectivity index is 1.30. The van der Waals surface area contributed by atoms with Crippen LogP contribution in [-0.4, -0.2) is 54.2 Å².